The first-order valence-corrected chi connectivity index (χ1v) is 7.41. The second kappa shape index (κ2) is 4.91. The minimum Gasteiger partial charge on any atom is -0.481 e. The van der Waals surface area contributed by atoms with E-state index in [4.69, 9.17) is 9.94 Å². The molecule has 1 saturated carbocycles. The van der Waals surface area contributed by atoms with Crippen molar-refractivity contribution in [2.45, 2.75) is 37.4 Å². The van der Waals surface area contributed by atoms with Crippen molar-refractivity contribution < 1.29 is 23.2 Å². The summed E-state index contributed by atoms with van der Waals surface area (Å²) >= 11 is 0. The van der Waals surface area contributed by atoms with Gasteiger partial charge in [0.1, 0.15) is 0 Å². The van der Waals surface area contributed by atoms with E-state index >= 15 is 0 Å². The highest BCUT2D eigenvalue weighted by Crippen LogP contribution is 2.33. The molecule has 1 N–H and O–H groups in total. The number of carboxylic acid groups (broad SMARTS) is 1. The zero-order valence-electron chi connectivity index (χ0n) is 9.54. The monoisotopic (exact) mass is 263 g/mol. The van der Waals surface area contributed by atoms with E-state index < -0.39 is 27.2 Å². The summed E-state index contributed by atoms with van der Waals surface area (Å²) in [5, 5.41) is 8.20. The zero-order valence-corrected chi connectivity index (χ0v) is 10.4. The lowest BCUT2D eigenvalue weighted by Crippen LogP contribution is -2.44. The first-order valence-electron chi connectivity index (χ1n) is 5.91. The van der Waals surface area contributed by atoms with Crippen LogP contribution < -0.4 is 0 Å². The third-order valence-electron chi connectivity index (χ3n) is 3.41. The highest BCUT2D eigenvalue weighted by molar-refractivity contribution is 7.89. The number of sulfonamides is 1. The van der Waals surface area contributed by atoms with Crippen molar-refractivity contribution in [3.8, 4) is 0 Å². The fraction of sp³-hybridized carbons (Fsp3) is 0.900. The summed E-state index contributed by atoms with van der Waals surface area (Å²) in [5.74, 6) is -1.81. The van der Waals surface area contributed by atoms with Gasteiger partial charge in [0.05, 0.1) is 17.8 Å². The molecule has 2 atom stereocenters. The van der Waals surface area contributed by atoms with Crippen molar-refractivity contribution in [2.75, 3.05) is 13.2 Å². The minimum atomic E-state index is -3.63. The average Bonchev–Trinajstić information content (AvgIpc) is 2.80. The highest BCUT2D eigenvalue weighted by Gasteiger charge is 2.45. The third-order valence-corrected chi connectivity index (χ3v) is 5.59. The molecule has 7 heteroatoms. The van der Waals surface area contributed by atoms with Crippen LogP contribution in [0, 0.1) is 5.92 Å². The Labute approximate surface area is 101 Å². The molecule has 1 saturated heterocycles. The lowest BCUT2D eigenvalue weighted by atomic mass is 10.1. The van der Waals surface area contributed by atoms with E-state index in [1.54, 1.807) is 0 Å². The highest BCUT2D eigenvalue weighted by atomic mass is 32.2. The summed E-state index contributed by atoms with van der Waals surface area (Å²) < 4.78 is 25.5. The van der Waals surface area contributed by atoms with Crippen molar-refractivity contribution in [2.24, 2.45) is 5.92 Å². The summed E-state index contributed by atoms with van der Waals surface area (Å²) in [6.45, 7) is 0.731. The number of aliphatic carboxylic acids is 1. The van der Waals surface area contributed by atoms with Gasteiger partial charge in [-0.2, -0.15) is 0 Å². The molecule has 0 aromatic rings. The summed E-state index contributed by atoms with van der Waals surface area (Å²) in [5.41, 5.74) is 0. The zero-order chi connectivity index (χ0) is 12.5. The maximum absolute atomic E-state index is 12.2. The predicted octanol–water partition coefficient (Wildman–Crippen LogP) is 0.597. The predicted molar refractivity (Wildman–Crippen MR) is 59.6 cm³/mol. The first-order chi connectivity index (χ1) is 8.03. The van der Waals surface area contributed by atoms with Gasteiger partial charge in [-0.25, -0.2) is 8.42 Å². The Hall–Kier alpha value is -0.660. The molecule has 0 aromatic heterocycles. The van der Waals surface area contributed by atoms with Crippen LogP contribution in [0.3, 0.4) is 0 Å². The Bertz CT molecular complexity index is 388. The second-order valence-electron chi connectivity index (χ2n) is 4.53. The van der Waals surface area contributed by atoms with Gasteiger partial charge >= 0.3 is 5.97 Å². The van der Waals surface area contributed by atoms with Crippen molar-refractivity contribution in [3.05, 3.63) is 0 Å². The number of nitrogens with zero attached hydrogens (tertiary/aromatic N) is 1. The number of carbonyl (C=O) groups is 1. The van der Waals surface area contributed by atoms with Crippen LogP contribution in [0.25, 0.3) is 0 Å². The molecule has 0 spiro atoms. The largest absolute Gasteiger partial charge is 0.481 e. The molecule has 1 aliphatic carbocycles. The quantitative estimate of drug-likeness (QED) is 0.806. The molecule has 2 aliphatic rings. The second-order valence-corrected chi connectivity index (χ2v) is 6.57. The lowest BCUT2D eigenvalue weighted by Gasteiger charge is -2.29. The molecular formula is C10H17NO5S. The van der Waals surface area contributed by atoms with Gasteiger partial charge in [-0.05, 0) is 25.7 Å². The SMILES string of the molecule is O=C(O)C1CCCC1S(=O)(=O)N1CCCCO1. The molecule has 98 valence electrons. The van der Waals surface area contributed by atoms with E-state index in [9.17, 15) is 13.2 Å². The molecule has 17 heavy (non-hydrogen) atoms. The maximum atomic E-state index is 12.2. The number of hydrogen-bond donors (Lipinski definition) is 1. The van der Waals surface area contributed by atoms with E-state index in [2.05, 4.69) is 0 Å². The number of hydrogen-bond acceptors (Lipinski definition) is 4. The van der Waals surface area contributed by atoms with Crippen LogP contribution in [0.2, 0.25) is 0 Å². The van der Waals surface area contributed by atoms with Crippen LogP contribution in [0.1, 0.15) is 32.1 Å². The van der Waals surface area contributed by atoms with E-state index in [1.165, 1.54) is 0 Å². The van der Waals surface area contributed by atoms with Crippen LogP contribution in [0.15, 0.2) is 0 Å². The number of carboxylic acids is 1. The number of rotatable bonds is 3. The Morgan fingerprint density at radius 2 is 2.00 bits per heavy atom. The van der Waals surface area contributed by atoms with Crippen molar-refractivity contribution in [1.82, 2.24) is 4.47 Å². The van der Waals surface area contributed by atoms with Gasteiger partial charge in [-0.3, -0.25) is 9.63 Å². The van der Waals surface area contributed by atoms with Crippen LogP contribution in [0.5, 0.6) is 0 Å². The Morgan fingerprint density at radius 3 is 2.59 bits per heavy atom. The van der Waals surface area contributed by atoms with Crippen molar-refractivity contribution >= 4 is 16.0 Å². The summed E-state index contributed by atoms with van der Waals surface area (Å²) in [6.07, 6.45) is 3.11. The van der Waals surface area contributed by atoms with Gasteiger partial charge in [0, 0.05) is 6.54 Å². The third kappa shape index (κ3) is 2.46. The topological polar surface area (TPSA) is 83.9 Å². The van der Waals surface area contributed by atoms with Crippen LogP contribution in [-0.4, -0.2) is 42.4 Å². The molecule has 0 amide bonds. The molecule has 0 bridgehead atoms. The fourth-order valence-electron chi connectivity index (χ4n) is 2.49. The summed E-state index contributed by atoms with van der Waals surface area (Å²) in [7, 11) is -3.63. The van der Waals surface area contributed by atoms with Crippen molar-refractivity contribution in [1.29, 1.82) is 0 Å². The fourth-order valence-corrected chi connectivity index (χ4v) is 4.53. The Morgan fingerprint density at radius 1 is 1.24 bits per heavy atom. The molecule has 6 nitrogen and oxygen atoms in total. The van der Waals surface area contributed by atoms with Gasteiger partial charge in [-0.15, -0.1) is 0 Å². The molecule has 1 aliphatic heterocycles. The molecular weight excluding hydrogens is 246 g/mol. The van der Waals surface area contributed by atoms with E-state index in [0.717, 1.165) is 17.3 Å². The van der Waals surface area contributed by atoms with Gasteiger partial charge < -0.3 is 5.11 Å². The number of hydroxylamine groups is 1. The first kappa shape index (κ1) is 12.8. The normalized spacial score (nSPS) is 31.5. The molecule has 2 fully saturated rings. The van der Waals surface area contributed by atoms with E-state index in [0.29, 0.717) is 32.4 Å². The minimum absolute atomic E-state index is 0.338. The molecule has 0 aromatic carbocycles. The van der Waals surface area contributed by atoms with Gasteiger partial charge in [0.25, 0.3) is 0 Å². The summed E-state index contributed by atoms with van der Waals surface area (Å²) in [4.78, 5) is 16.2. The lowest BCUT2D eigenvalue weighted by molar-refractivity contribution is -0.141. The van der Waals surface area contributed by atoms with Gasteiger partial charge in [0.15, 0.2) is 0 Å². The molecule has 2 unspecified atom stereocenters. The van der Waals surface area contributed by atoms with Gasteiger partial charge in [0.2, 0.25) is 10.0 Å². The van der Waals surface area contributed by atoms with Crippen LogP contribution in [0.4, 0.5) is 0 Å². The van der Waals surface area contributed by atoms with Gasteiger partial charge in [-0.1, -0.05) is 10.9 Å². The van der Waals surface area contributed by atoms with Crippen LogP contribution >= 0.6 is 0 Å². The molecule has 2 rings (SSSR count). The Kier molecular flexibility index (Phi) is 3.70. The Balaban J connectivity index is 2.16. The standard InChI is InChI=1S/C10H17NO5S/c12-10(13)8-4-3-5-9(8)17(14,15)11-6-1-2-7-16-11/h8-9H,1-7H2,(H,12,13). The smallest absolute Gasteiger partial charge is 0.307 e. The van der Waals surface area contributed by atoms with Crippen molar-refractivity contribution in [3.63, 3.8) is 0 Å². The molecule has 1 heterocycles. The van der Waals surface area contributed by atoms with E-state index in [-0.39, 0.29) is 0 Å². The average molecular weight is 263 g/mol. The van der Waals surface area contributed by atoms with E-state index in [1.807, 2.05) is 0 Å². The molecule has 0 radical (unpaired) electrons. The van der Waals surface area contributed by atoms with Crippen LogP contribution in [-0.2, 0) is 19.7 Å². The maximum Gasteiger partial charge on any atom is 0.307 e. The summed E-state index contributed by atoms with van der Waals surface area (Å²) in [6, 6.07) is 0.